The summed E-state index contributed by atoms with van der Waals surface area (Å²) in [4.78, 5) is 11.8. The highest BCUT2D eigenvalue weighted by atomic mass is 32.2. The molecule has 1 rings (SSSR count). The van der Waals surface area contributed by atoms with E-state index in [-0.39, 0.29) is 22.8 Å². The van der Waals surface area contributed by atoms with Crippen LogP contribution in [0.25, 0.3) is 0 Å². The summed E-state index contributed by atoms with van der Waals surface area (Å²) in [5.74, 6) is -0.478. The number of aliphatic hydroxyl groups is 1. The van der Waals surface area contributed by atoms with Gasteiger partial charge in [0.1, 0.15) is 0 Å². The van der Waals surface area contributed by atoms with Crippen molar-refractivity contribution in [2.45, 2.75) is 17.9 Å². The Bertz CT molecular complexity index is 554. The maximum atomic E-state index is 11.8. The molecule has 0 fully saturated rings. The van der Waals surface area contributed by atoms with Crippen molar-refractivity contribution < 1.29 is 18.3 Å². The highest BCUT2D eigenvalue weighted by molar-refractivity contribution is 7.90. The first kappa shape index (κ1) is 14.5. The maximum absolute atomic E-state index is 11.8. The van der Waals surface area contributed by atoms with Gasteiger partial charge in [-0.05, 0) is 25.1 Å². The van der Waals surface area contributed by atoms with Crippen LogP contribution < -0.4 is 11.1 Å². The van der Waals surface area contributed by atoms with Gasteiger partial charge in [-0.25, -0.2) is 8.42 Å². The quantitative estimate of drug-likeness (QED) is 0.657. The average Bonchev–Trinajstić information content (AvgIpc) is 2.26. The molecule has 100 valence electrons. The third-order valence-electron chi connectivity index (χ3n) is 2.27. The number of nitrogen functional groups attached to an aromatic ring is 1. The largest absolute Gasteiger partial charge is 0.399 e. The van der Waals surface area contributed by atoms with Crippen molar-refractivity contribution in [3.63, 3.8) is 0 Å². The summed E-state index contributed by atoms with van der Waals surface area (Å²) in [7, 11) is -3.42. The lowest BCUT2D eigenvalue weighted by molar-refractivity contribution is 0.0922. The van der Waals surface area contributed by atoms with E-state index >= 15 is 0 Å². The number of hydrogen-bond donors (Lipinski definition) is 3. The third-order valence-corrected chi connectivity index (χ3v) is 3.36. The van der Waals surface area contributed by atoms with Gasteiger partial charge in [0.05, 0.1) is 11.5 Å². The molecule has 0 saturated carbocycles. The van der Waals surface area contributed by atoms with E-state index in [1.54, 1.807) is 6.92 Å². The number of carbonyl (C=O) groups is 1. The van der Waals surface area contributed by atoms with Crippen molar-refractivity contribution in [1.29, 1.82) is 0 Å². The van der Waals surface area contributed by atoms with Gasteiger partial charge in [0.15, 0.2) is 9.84 Å². The van der Waals surface area contributed by atoms with Gasteiger partial charge in [-0.2, -0.15) is 0 Å². The second kappa shape index (κ2) is 5.36. The lowest BCUT2D eigenvalue weighted by Gasteiger charge is -2.11. The summed E-state index contributed by atoms with van der Waals surface area (Å²) in [6, 6.07) is 3.52. The van der Waals surface area contributed by atoms with Crippen LogP contribution in [0, 0.1) is 0 Å². The highest BCUT2D eigenvalue weighted by Crippen LogP contribution is 2.16. The number of anilines is 1. The minimum absolute atomic E-state index is 0.00991. The number of amides is 1. The molecular formula is C11H16N2O4S. The van der Waals surface area contributed by atoms with Gasteiger partial charge in [-0.3, -0.25) is 4.79 Å². The van der Waals surface area contributed by atoms with Gasteiger partial charge in [0, 0.05) is 23.5 Å². The van der Waals surface area contributed by atoms with Crippen molar-refractivity contribution in [3.8, 4) is 0 Å². The van der Waals surface area contributed by atoms with Crippen LogP contribution in [0.1, 0.15) is 17.3 Å². The minimum atomic E-state index is -3.42. The van der Waals surface area contributed by atoms with Gasteiger partial charge < -0.3 is 16.2 Å². The molecule has 1 aromatic rings. The normalized spacial score (nSPS) is 13.1. The first-order valence-electron chi connectivity index (χ1n) is 5.26. The Morgan fingerprint density at radius 2 is 2.06 bits per heavy atom. The molecule has 1 unspecified atom stereocenters. The molecule has 6 nitrogen and oxygen atoms in total. The van der Waals surface area contributed by atoms with Crippen LogP contribution >= 0.6 is 0 Å². The van der Waals surface area contributed by atoms with E-state index in [0.29, 0.717) is 0 Å². The number of nitrogens with two attached hydrogens (primary N) is 1. The van der Waals surface area contributed by atoms with Crippen LogP contribution in [0.4, 0.5) is 5.69 Å². The molecule has 0 spiro atoms. The monoisotopic (exact) mass is 272 g/mol. The summed E-state index contributed by atoms with van der Waals surface area (Å²) in [6.07, 6.45) is 1.04. The molecule has 0 aliphatic heterocycles. The molecule has 7 heteroatoms. The second-order valence-corrected chi connectivity index (χ2v) is 6.14. The average molecular weight is 272 g/mol. The van der Waals surface area contributed by atoms with Gasteiger partial charge in [-0.1, -0.05) is 0 Å². The number of nitrogens with one attached hydrogen (secondary N) is 1. The number of sulfone groups is 1. The minimum Gasteiger partial charge on any atom is -0.399 e. The van der Waals surface area contributed by atoms with E-state index in [1.165, 1.54) is 18.2 Å². The fraction of sp³-hybridized carbons (Fsp3) is 0.364. The van der Waals surface area contributed by atoms with Crippen molar-refractivity contribution in [2.24, 2.45) is 0 Å². The van der Waals surface area contributed by atoms with E-state index in [2.05, 4.69) is 5.32 Å². The summed E-state index contributed by atoms with van der Waals surface area (Å²) in [5.41, 5.74) is 5.91. The third kappa shape index (κ3) is 3.71. The summed E-state index contributed by atoms with van der Waals surface area (Å²) in [5, 5.41) is 11.3. The molecule has 0 bridgehead atoms. The second-order valence-electron chi connectivity index (χ2n) is 4.12. The van der Waals surface area contributed by atoms with E-state index in [1.807, 2.05) is 0 Å². The van der Waals surface area contributed by atoms with Crippen LogP contribution in [0.5, 0.6) is 0 Å². The molecule has 0 radical (unpaired) electrons. The predicted octanol–water partition coefficient (Wildman–Crippen LogP) is -0.217. The number of rotatable bonds is 4. The van der Waals surface area contributed by atoms with E-state index in [9.17, 15) is 13.2 Å². The lowest BCUT2D eigenvalue weighted by atomic mass is 10.2. The summed E-state index contributed by atoms with van der Waals surface area (Å²) in [6.45, 7) is 1.43. The Hall–Kier alpha value is -1.60. The number of benzene rings is 1. The predicted molar refractivity (Wildman–Crippen MR) is 68.0 cm³/mol. The molecule has 0 aromatic heterocycles. The zero-order chi connectivity index (χ0) is 13.9. The molecule has 0 aliphatic carbocycles. The van der Waals surface area contributed by atoms with E-state index in [4.69, 9.17) is 10.8 Å². The number of aliphatic hydroxyl groups excluding tert-OH is 1. The topological polar surface area (TPSA) is 109 Å². The molecule has 0 heterocycles. The molecule has 0 saturated heterocycles. The van der Waals surface area contributed by atoms with Gasteiger partial charge in [-0.15, -0.1) is 0 Å². The summed E-state index contributed by atoms with van der Waals surface area (Å²) >= 11 is 0. The van der Waals surface area contributed by atoms with Crippen molar-refractivity contribution in [2.75, 3.05) is 18.6 Å². The molecule has 18 heavy (non-hydrogen) atoms. The summed E-state index contributed by atoms with van der Waals surface area (Å²) < 4.78 is 22.8. The Morgan fingerprint density at radius 1 is 1.44 bits per heavy atom. The van der Waals surface area contributed by atoms with Crippen LogP contribution in [0.3, 0.4) is 0 Å². The SMILES string of the molecule is CC(CO)NC(=O)c1cc(N)cc(S(C)(=O)=O)c1. The first-order chi connectivity index (χ1) is 8.24. The van der Waals surface area contributed by atoms with Crippen molar-refractivity contribution in [1.82, 2.24) is 5.32 Å². The van der Waals surface area contributed by atoms with Crippen LogP contribution in [-0.2, 0) is 9.84 Å². The van der Waals surface area contributed by atoms with Crippen molar-refractivity contribution >= 4 is 21.4 Å². The van der Waals surface area contributed by atoms with Gasteiger partial charge in [0.25, 0.3) is 5.91 Å². The van der Waals surface area contributed by atoms with Gasteiger partial charge >= 0.3 is 0 Å². The zero-order valence-corrected chi connectivity index (χ0v) is 11.0. The Morgan fingerprint density at radius 3 is 2.56 bits per heavy atom. The highest BCUT2D eigenvalue weighted by Gasteiger charge is 2.14. The van der Waals surface area contributed by atoms with Crippen LogP contribution in [0.15, 0.2) is 23.1 Å². The molecule has 4 N–H and O–H groups in total. The molecular weight excluding hydrogens is 256 g/mol. The zero-order valence-electron chi connectivity index (χ0n) is 10.2. The van der Waals surface area contributed by atoms with Crippen LogP contribution in [-0.4, -0.2) is 38.3 Å². The Labute approximate surface area is 106 Å². The lowest BCUT2D eigenvalue weighted by Crippen LogP contribution is -2.35. The van der Waals surface area contributed by atoms with E-state index < -0.39 is 21.8 Å². The molecule has 1 aromatic carbocycles. The standard InChI is InChI=1S/C11H16N2O4S/c1-7(6-14)13-11(15)8-3-9(12)5-10(4-8)18(2,16)17/h3-5,7,14H,6,12H2,1-2H3,(H,13,15). The number of carbonyl (C=O) groups excluding carboxylic acids is 1. The van der Waals surface area contributed by atoms with E-state index in [0.717, 1.165) is 6.26 Å². The van der Waals surface area contributed by atoms with Gasteiger partial charge in [0.2, 0.25) is 0 Å². The van der Waals surface area contributed by atoms with Crippen LogP contribution in [0.2, 0.25) is 0 Å². The molecule has 1 amide bonds. The molecule has 1 atom stereocenters. The fourth-order valence-electron chi connectivity index (χ4n) is 1.32. The Kier molecular flexibility index (Phi) is 4.31. The Balaban J connectivity index is 3.11. The van der Waals surface area contributed by atoms with Crippen molar-refractivity contribution in [3.05, 3.63) is 23.8 Å². The molecule has 0 aliphatic rings. The smallest absolute Gasteiger partial charge is 0.251 e. The number of hydrogen-bond acceptors (Lipinski definition) is 5. The first-order valence-corrected chi connectivity index (χ1v) is 7.15. The maximum Gasteiger partial charge on any atom is 0.251 e. The fourth-order valence-corrected chi connectivity index (χ4v) is 2.01.